The Balaban J connectivity index is 1.96. The van der Waals surface area contributed by atoms with E-state index in [-0.39, 0.29) is 11.5 Å². The number of alkyl halides is 2. The summed E-state index contributed by atoms with van der Waals surface area (Å²) in [5, 5.41) is 5.48. The predicted molar refractivity (Wildman–Crippen MR) is 105 cm³/mol. The number of amides is 2. The number of ether oxygens (including phenoxy) is 1. The smallest absolute Gasteiger partial charge is 0.341 e. The minimum atomic E-state index is -2.52. The van der Waals surface area contributed by atoms with Crippen molar-refractivity contribution in [3.63, 3.8) is 0 Å². The van der Waals surface area contributed by atoms with Crippen molar-refractivity contribution in [3.8, 4) is 0 Å². The molecular weight excluding hydrogens is 410 g/mol. The molecular formula is C18H18F2N2O4S2. The Bertz CT molecular complexity index is 882. The maximum atomic E-state index is 12.4. The van der Waals surface area contributed by atoms with Gasteiger partial charge in [-0.05, 0) is 43.7 Å². The summed E-state index contributed by atoms with van der Waals surface area (Å²) < 4.78 is 29.7. The van der Waals surface area contributed by atoms with Crippen LogP contribution in [0, 0.1) is 13.8 Å². The number of carbonyl (C=O) groups excluding carboxylic acids is 3. The largest absolute Gasteiger partial charge is 0.452 e. The first-order valence-electron chi connectivity index (χ1n) is 8.06. The quantitative estimate of drug-likeness (QED) is 0.503. The highest BCUT2D eigenvalue weighted by atomic mass is 32.2. The van der Waals surface area contributed by atoms with Gasteiger partial charge in [-0.2, -0.15) is 8.78 Å². The third kappa shape index (κ3) is 6.03. The summed E-state index contributed by atoms with van der Waals surface area (Å²) in [6.45, 7) is 4.34. The second-order valence-corrected chi connectivity index (χ2v) is 7.98. The molecule has 0 fully saturated rings. The number of hydrogen-bond donors (Lipinski definition) is 2. The second-order valence-electron chi connectivity index (χ2n) is 5.70. The first kappa shape index (κ1) is 21.8. The van der Waals surface area contributed by atoms with Crippen LogP contribution in [0.25, 0.3) is 0 Å². The number of aryl methyl sites for hydroxylation is 1. The molecule has 0 spiro atoms. The van der Waals surface area contributed by atoms with E-state index in [1.54, 1.807) is 6.92 Å². The first-order chi connectivity index (χ1) is 13.2. The molecule has 2 amide bonds. The van der Waals surface area contributed by atoms with Crippen LogP contribution in [0.2, 0.25) is 0 Å². The predicted octanol–water partition coefficient (Wildman–Crippen LogP) is 4.43. The molecule has 0 aliphatic rings. The maximum Gasteiger partial charge on any atom is 0.341 e. The third-order valence-corrected chi connectivity index (χ3v) is 5.42. The molecule has 1 aromatic heterocycles. The molecule has 2 N–H and O–H groups in total. The molecule has 6 nitrogen and oxygen atoms in total. The normalized spacial score (nSPS) is 10.6. The number of nitrogens with one attached hydrogen (secondary N) is 2. The van der Waals surface area contributed by atoms with E-state index in [1.165, 1.54) is 42.5 Å². The van der Waals surface area contributed by atoms with E-state index in [0.717, 1.165) is 4.88 Å². The summed E-state index contributed by atoms with van der Waals surface area (Å²) in [7, 11) is 0. The Morgan fingerprint density at radius 3 is 2.36 bits per heavy atom. The zero-order chi connectivity index (χ0) is 20.8. The van der Waals surface area contributed by atoms with Crippen LogP contribution in [0.15, 0.2) is 29.2 Å². The Labute approximate surface area is 168 Å². The molecule has 1 heterocycles. The van der Waals surface area contributed by atoms with Gasteiger partial charge in [0.15, 0.2) is 6.61 Å². The average molecular weight is 428 g/mol. The van der Waals surface area contributed by atoms with Gasteiger partial charge in [0.05, 0.1) is 5.56 Å². The fraction of sp³-hybridized carbons (Fsp3) is 0.278. The summed E-state index contributed by atoms with van der Waals surface area (Å²) in [6.07, 6.45) is 0. The summed E-state index contributed by atoms with van der Waals surface area (Å²) in [4.78, 5) is 36.9. The molecule has 0 aliphatic heterocycles. The van der Waals surface area contributed by atoms with Gasteiger partial charge >= 0.3 is 5.97 Å². The monoisotopic (exact) mass is 428 g/mol. The van der Waals surface area contributed by atoms with E-state index < -0.39 is 24.2 Å². The highest BCUT2D eigenvalue weighted by molar-refractivity contribution is 7.99. The number of esters is 1. The lowest BCUT2D eigenvalue weighted by Gasteiger charge is -2.09. The number of thiophene rings is 1. The van der Waals surface area contributed by atoms with Crippen molar-refractivity contribution in [2.75, 3.05) is 17.2 Å². The van der Waals surface area contributed by atoms with Gasteiger partial charge in [-0.15, -0.1) is 11.3 Å². The van der Waals surface area contributed by atoms with Crippen molar-refractivity contribution in [1.82, 2.24) is 0 Å². The molecule has 0 saturated heterocycles. The van der Waals surface area contributed by atoms with Gasteiger partial charge in [0, 0.05) is 22.4 Å². The van der Waals surface area contributed by atoms with Crippen molar-refractivity contribution in [3.05, 3.63) is 40.3 Å². The molecule has 0 radical (unpaired) electrons. The van der Waals surface area contributed by atoms with Crippen LogP contribution in [0.5, 0.6) is 0 Å². The molecule has 0 bridgehead atoms. The number of hydrogen-bond acceptors (Lipinski definition) is 6. The number of anilines is 2. The molecule has 1 aromatic carbocycles. The molecule has 10 heteroatoms. The molecule has 0 saturated carbocycles. The van der Waals surface area contributed by atoms with Crippen LogP contribution >= 0.6 is 23.1 Å². The fourth-order valence-corrected chi connectivity index (χ4v) is 3.83. The number of rotatable bonds is 7. The molecule has 2 rings (SSSR count). The van der Waals surface area contributed by atoms with E-state index in [1.807, 2.05) is 6.92 Å². The molecule has 0 atom stereocenters. The van der Waals surface area contributed by atoms with Gasteiger partial charge in [-0.25, -0.2) is 4.79 Å². The molecule has 0 unspecified atom stereocenters. The lowest BCUT2D eigenvalue weighted by Crippen LogP contribution is -2.21. The topological polar surface area (TPSA) is 84.5 Å². The molecule has 2 aromatic rings. The number of benzene rings is 1. The number of thioether (sulfide) groups is 1. The Morgan fingerprint density at radius 2 is 1.79 bits per heavy atom. The number of halogens is 2. The van der Waals surface area contributed by atoms with Crippen LogP contribution in [-0.2, 0) is 14.3 Å². The van der Waals surface area contributed by atoms with E-state index >= 15 is 0 Å². The maximum absolute atomic E-state index is 12.4. The van der Waals surface area contributed by atoms with Crippen molar-refractivity contribution >= 4 is 51.6 Å². The van der Waals surface area contributed by atoms with E-state index in [2.05, 4.69) is 10.6 Å². The van der Waals surface area contributed by atoms with E-state index in [0.29, 0.717) is 32.9 Å². The Morgan fingerprint density at radius 1 is 1.14 bits per heavy atom. The van der Waals surface area contributed by atoms with Crippen LogP contribution in [-0.4, -0.2) is 30.1 Å². The first-order valence-corrected chi connectivity index (χ1v) is 9.76. The minimum absolute atomic E-state index is 0.221. The van der Waals surface area contributed by atoms with Crippen LogP contribution in [0.4, 0.5) is 19.5 Å². The van der Waals surface area contributed by atoms with Gasteiger partial charge in [0.1, 0.15) is 5.00 Å². The summed E-state index contributed by atoms with van der Waals surface area (Å²) >= 11 is 1.65. The van der Waals surface area contributed by atoms with Crippen LogP contribution < -0.4 is 10.6 Å². The fourth-order valence-electron chi connectivity index (χ4n) is 2.24. The highest BCUT2D eigenvalue weighted by Gasteiger charge is 2.22. The summed E-state index contributed by atoms with van der Waals surface area (Å²) in [5.41, 5.74) is 1.28. The summed E-state index contributed by atoms with van der Waals surface area (Å²) in [5.74, 6) is -4.13. The molecule has 0 aliphatic carbocycles. The van der Waals surface area contributed by atoms with Gasteiger partial charge in [0.25, 0.3) is 11.7 Å². The van der Waals surface area contributed by atoms with Gasteiger partial charge in [-0.3, -0.25) is 9.59 Å². The Kier molecular flexibility index (Phi) is 7.53. The van der Waals surface area contributed by atoms with Gasteiger partial charge in [0.2, 0.25) is 5.91 Å². The molecule has 150 valence electrons. The van der Waals surface area contributed by atoms with Crippen molar-refractivity contribution in [1.29, 1.82) is 0 Å². The SMILES string of the molecule is CC(=O)Nc1sc(C)c(C)c1C(=O)OCC(=O)Nc1ccc(SC(F)F)cc1. The third-order valence-electron chi connectivity index (χ3n) is 3.58. The minimum Gasteiger partial charge on any atom is -0.452 e. The van der Waals surface area contributed by atoms with Crippen LogP contribution in [0.1, 0.15) is 27.7 Å². The highest BCUT2D eigenvalue weighted by Crippen LogP contribution is 2.33. The molecule has 28 heavy (non-hydrogen) atoms. The zero-order valence-electron chi connectivity index (χ0n) is 15.3. The van der Waals surface area contributed by atoms with Crippen LogP contribution in [0.3, 0.4) is 0 Å². The van der Waals surface area contributed by atoms with E-state index in [4.69, 9.17) is 4.74 Å². The average Bonchev–Trinajstić information content (AvgIpc) is 2.87. The second kappa shape index (κ2) is 9.65. The van der Waals surface area contributed by atoms with Gasteiger partial charge < -0.3 is 15.4 Å². The van der Waals surface area contributed by atoms with Crippen molar-refractivity contribution in [2.45, 2.75) is 31.4 Å². The Hall–Kier alpha value is -2.46. The van der Waals surface area contributed by atoms with Crippen molar-refractivity contribution < 1.29 is 27.9 Å². The summed E-state index contributed by atoms with van der Waals surface area (Å²) in [6, 6.07) is 5.86. The lowest BCUT2D eigenvalue weighted by molar-refractivity contribution is -0.119. The van der Waals surface area contributed by atoms with Crippen molar-refractivity contribution in [2.24, 2.45) is 0 Å². The van der Waals surface area contributed by atoms with Gasteiger partial charge in [-0.1, -0.05) is 11.8 Å². The standard InChI is InChI=1S/C18H18F2N2O4S2/c1-9-10(2)27-16(21-11(3)23)15(9)17(25)26-8-14(24)22-12-4-6-13(7-5-12)28-18(19)20/h4-7,18H,8H2,1-3H3,(H,21,23)(H,22,24). The lowest BCUT2D eigenvalue weighted by atomic mass is 10.1. The zero-order valence-corrected chi connectivity index (χ0v) is 16.9. The van der Waals surface area contributed by atoms with E-state index in [9.17, 15) is 23.2 Å². The number of carbonyl (C=O) groups is 3.